The summed E-state index contributed by atoms with van der Waals surface area (Å²) < 4.78 is 11.5. The number of hydrogen-bond acceptors (Lipinski definition) is 4. The summed E-state index contributed by atoms with van der Waals surface area (Å²) >= 11 is 3.44. The van der Waals surface area contributed by atoms with Gasteiger partial charge in [-0.2, -0.15) is 0 Å². The standard InChI is InChI=1S/C22H27BrN2O3/c1-16-15-24-19-14-21(28-12-8-4-7-11-23)20(27-2)13-18(19)22(26)25(16)17-9-5-3-6-10-17/h3,5-6,9-10,13-14,16,24H,4,7-8,11-12,15H2,1-2H3. The predicted molar refractivity (Wildman–Crippen MR) is 117 cm³/mol. The Hall–Kier alpha value is -2.21. The third kappa shape index (κ3) is 4.61. The van der Waals surface area contributed by atoms with Crippen molar-refractivity contribution in [3.8, 4) is 11.5 Å². The Bertz CT molecular complexity index is 798. The van der Waals surface area contributed by atoms with E-state index < -0.39 is 0 Å². The summed E-state index contributed by atoms with van der Waals surface area (Å²) in [5, 5.41) is 4.41. The van der Waals surface area contributed by atoms with Crippen molar-refractivity contribution < 1.29 is 14.3 Å². The number of hydrogen-bond donors (Lipinski definition) is 1. The second-order valence-corrected chi connectivity index (χ2v) is 7.68. The number of amides is 1. The Morgan fingerprint density at radius 2 is 1.93 bits per heavy atom. The molecule has 1 atom stereocenters. The first-order valence-electron chi connectivity index (χ1n) is 9.69. The summed E-state index contributed by atoms with van der Waals surface area (Å²) in [6, 6.07) is 13.4. The highest BCUT2D eigenvalue weighted by Crippen LogP contribution is 2.36. The van der Waals surface area contributed by atoms with Gasteiger partial charge in [0.1, 0.15) is 0 Å². The topological polar surface area (TPSA) is 50.8 Å². The third-order valence-electron chi connectivity index (χ3n) is 4.85. The van der Waals surface area contributed by atoms with E-state index in [2.05, 4.69) is 21.2 Å². The highest BCUT2D eigenvalue weighted by Gasteiger charge is 2.30. The SMILES string of the molecule is COc1cc2c(cc1OCCCCCBr)NCC(C)N(c1ccccc1)C2=O. The third-order valence-corrected chi connectivity index (χ3v) is 5.41. The van der Waals surface area contributed by atoms with E-state index in [0.29, 0.717) is 30.2 Å². The molecule has 0 aromatic heterocycles. The van der Waals surface area contributed by atoms with Crippen LogP contribution in [-0.4, -0.2) is 37.5 Å². The molecule has 6 heteroatoms. The highest BCUT2D eigenvalue weighted by molar-refractivity contribution is 9.09. The number of methoxy groups -OCH3 is 1. The van der Waals surface area contributed by atoms with Crippen molar-refractivity contribution >= 4 is 33.2 Å². The number of nitrogens with one attached hydrogen (secondary N) is 1. The molecule has 5 nitrogen and oxygen atoms in total. The average Bonchev–Trinajstić information content (AvgIpc) is 2.84. The first kappa shape index (κ1) is 20.5. The van der Waals surface area contributed by atoms with E-state index in [1.54, 1.807) is 13.2 Å². The average molecular weight is 447 g/mol. The Morgan fingerprint density at radius 3 is 2.64 bits per heavy atom. The maximum absolute atomic E-state index is 13.3. The quantitative estimate of drug-likeness (QED) is 0.452. The molecule has 0 fully saturated rings. The number of carbonyl (C=O) groups excluding carboxylic acids is 1. The van der Waals surface area contributed by atoms with Gasteiger partial charge in [-0.25, -0.2) is 0 Å². The summed E-state index contributed by atoms with van der Waals surface area (Å²) in [5.41, 5.74) is 2.27. The van der Waals surface area contributed by atoms with Gasteiger partial charge in [0, 0.05) is 23.6 Å². The minimum atomic E-state index is -0.0409. The fraction of sp³-hybridized carbons (Fsp3) is 0.409. The summed E-state index contributed by atoms with van der Waals surface area (Å²) in [6.45, 7) is 3.33. The number of fused-ring (bicyclic) bond motifs is 1. The van der Waals surface area contributed by atoms with E-state index in [0.717, 1.165) is 36.0 Å². The second-order valence-electron chi connectivity index (χ2n) is 6.89. The number of carbonyl (C=O) groups is 1. The Labute approximate surface area is 175 Å². The van der Waals surface area contributed by atoms with E-state index in [-0.39, 0.29) is 11.9 Å². The van der Waals surface area contributed by atoms with Gasteiger partial charge in [0.2, 0.25) is 0 Å². The summed E-state index contributed by atoms with van der Waals surface area (Å²) in [5.74, 6) is 1.21. The van der Waals surface area contributed by atoms with E-state index >= 15 is 0 Å². The minimum absolute atomic E-state index is 0.0157. The lowest BCUT2D eigenvalue weighted by atomic mass is 10.1. The monoisotopic (exact) mass is 446 g/mol. The Kier molecular flexibility index (Phi) is 7.20. The minimum Gasteiger partial charge on any atom is -0.493 e. The molecule has 3 rings (SSSR count). The van der Waals surface area contributed by atoms with Crippen LogP contribution in [0, 0.1) is 0 Å². The molecule has 2 aromatic rings. The molecule has 2 aromatic carbocycles. The maximum atomic E-state index is 13.3. The zero-order chi connectivity index (χ0) is 19.9. The van der Waals surface area contributed by atoms with Crippen LogP contribution in [0.1, 0.15) is 36.5 Å². The van der Waals surface area contributed by atoms with Gasteiger partial charge < -0.3 is 19.7 Å². The molecule has 150 valence electrons. The lowest BCUT2D eigenvalue weighted by Crippen LogP contribution is -2.40. The van der Waals surface area contributed by atoms with Crippen LogP contribution in [0.2, 0.25) is 0 Å². The zero-order valence-corrected chi connectivity index (χ0v) is 18.0. The van der Waals surface area contributed by atoms with Crippen LogP contribution in [0.4, 0.5) is 11.4 Å². The van der Waals surface area contributed by atoms with E-state index in [1.807, 2.05) is 48.2 Å². The highest BCUT2D eigenvalue weighted by atomic mass is 79.9. The predicted octanol–water partition coefficient (Wildman–Crippen LogP) is 5.10. The van der Waals surface area contributed by atoms with Gasteiger partial charge in [0.25, 0.3) is 5.91 Å². The van der Waals surface area contributed by atoms with E-state index in [9.17, 15) is 4.79 Å². The van der Waals surface area contributed by atoms with Crippen molar-refractivity contribution in [1.82, 2.24) is 0 Å². The van der Waals surface area contributed by atoms with Crippen LogP contribution < -0.4 is 19.7 Å². The molecule has 1 aliphatic heterocycles. The molecular formula is C22H27BrN2O3. The lowest BCUT2D eigenvalue weighted by Gasteiger charge is -2.27. The van der Waals surface area contributed by atoms with Crippen molar-refractivity contribution in [2.75, 3.05) is 35.8 Å². The Balaban J connectivity index is 1.86. The number of halogens is 1. The van der Waals surface area contributed by atoms with Crippen molar-refractivity contribution in [2.24, 2.45) is 0 Å². The zero-order valence-electron chi connectivity index (χ0n) is 16.4. The van der Waals surface area contributed by atoms with Gasteiger partial charge in [-0.1, -0.05) is 34.1 Å². The largest absolute Gasteiger partial charge is 0.493 e. The molecule has 0 spiro atoms. The second kappa shape index (κ2) is 9.82. The van der Waals surface area contributed by atoms with Gasteiger partial charge in [0.05, 0.1) is 31.0 Å². The molecule has 1 aliphatic rings. The molecule has 0 saturated heterocycles. The summed E-state index contributed by atoms with van der Waals surface area (Å²) in [7, 11) is 1.60. The van der Waals surface area contributed by atoms with Crippen LogP contribution in [0.15, 0.2) is 42.5 Å². The number of ether oxygens (including phenoxy) is 2. The van der Waals surface area contributed by atoms with Crippen LogP contribution >= 0.6 is 15.9 Å². The number of para-hydroxylation sites is 1. The summed E-state index contributed by atoms with van der Waals surface area (Å²) in [4.78, 5) is 15.2. The molecule has 0 bridgehead atoms. The maximum Gasteiger partial charge on any atom is 0.260 e. The van der Waals surface area contributed by atoms with Crippen LogP contribution in [0.3, 0.4) is 0 Å². The lowest BCUT2D eigenvalue weighted by molar-refractivity contribution is 0.0982. The fourth-order valence-corrected chi connectivity index (χ4v) is 3.75. The first-order chi connectivity index (χ1) is 13.7. The van der Waals surface area contributed by atoms with Gasteiger partial charge in [-0.15, -0.1) is 0 Å². The number of nitrogens with zero attached hydrogens (tertiary/aromatic N) is 1. The normalized spacial score (nSPS) is 16.2. The molecule has 28 heavy (non-hydrogen) atoms. The van der Waals surface area contributed by atoms with E-state index in [1.165, 1.54) is 0 Å². The summed E-state index contributed by atoms with van der Waals surface area (Å²) in [6.07, 6.45) is 3.23. The number of alkyl halides is 1. The van der Waals surface area contributed by atoms with Crippen LogP contribution in [-0.2, 0) is 0 Å². The van der Waals surface area contributed by atoms with Crippen molar-refractivity contribution in [3.05, 3.63) is 48.0 Å². The molecule has 0 radical (unpaired) electrons. The van der Waals surface area contributed by atoms with Crippen molar-refractivity contribution in [1.29, 1.82) is 0 Å². The fourth-order valence-electron chi connectivity index (χ4n) is 3.35. The van der Waals surface area contributed by atoms with Crippen LogP contribution in [0.25, 0.3) is 0 Å². The molecule has 1 heterocycles. The molecular weight excluding hydrogens is 420 g/mol. The molecule has 0 aliphatic carbocycles. The van der Waals surface area contributed by atoms with Gasteiger partial charge >= 0.3 is 0 Å². The molecule has 0 saturated carbocycles. The molecule has 1 unspecified atom stereocenters. The number of rotatable bonds is 8. The molecule has 1 N–H and O–H groups in total. The number of benzene rings is 2. The van der Waals surface area contributed by atoms with Crippen molar-refractivity contribution in [3.63, 3.8) is 0 Å². The first-order valence-corrected chi connectivity index (χ1v) is 10.8. The van der Waals surface area contributed by atoms with Crippen molar-refractivity contribution in [2.45, 2.75) is 32.2 Å². The van der Waals surface area contributed by atoms with Gasteiger partial charge in [-0.3, -0.25) is 4.79 Å². The molecule has 1 amide bonds. The Morgan fingerprint density at radius 1 is 1.14 bits per heavy atom. The van der Waals surface area contributed by atoms with E-state index in [4.69, 9.17) is 9.47 Å². The number of anilines is 2. The van der Waals surface area contributed by atoms with Crippen LogP contribution in [0.5, 0.6) is 11.5 Å². The van der Waals surface area contributed by atoms with Gasteiger partial charge in [-0.05, 0) is 44.4 Å². The van der Waals surface area contributed by atoms with Gasteiger partial charge in [0.15, 0.2) is 11.5 Å². The number of unbranched alkanes of at least 4 members (excludes halogenated alkanes) is 2. The smallest absolute Gasteiger partial charge is 0.260 e.